The van der Waals surface area contributed by atoms with Crippen LogP contribution in [0.5, 0.6) is 0 Å². The molecule has 1 fully saturated rings. The summed E-state index contributed by atoms with van der Waals surface area (Å²) in [5.41, 5.74) is 0. The Bertz CT molecular complexity index is 291. The smallest absolute Gasteiger partial charge is 0.325 e. The molecular formula is C9H14O8. The molecule has 0 aromatic carbocycles. The number of hydrogen-bond acceptors (Lipinski definition) is 7. The quantitative estimate of drug-likeness (QED) is 0.385. The Hall–Kier alpha value is -1.22. The maximum atomic E-state index is 11.2. The van der Waals surface area contributed by atoms with E-state index in [0.29, 0.717) is 0 Å². The van der Waals surface area contributed by atoms with Gasteiger partial charge in [0, 0.05) is 0 Å². The maximum Gasteiger partial charge on any atom is 0.325 e. The van der Waals surface area contributed by atoms with E-state index in [1.807, 2.05) is 0 Å². The molecule has 1 rings (SSSR count). The van der Waals surface area contributed by atoms with Crippen molar-refractivity contribution in [1.82, 2.24) is 0 Å². The molecule has 1 heterocycles. The number of carboxylic acids is 1. The first-order valence-corrected chi connectivity index (χ1v) is 4.87. The Balaban J connectivity index is 2.75. The van der Waals surface area contributed by atoms with Crippen LogP contribution in [0, 0.1) is 5.92 Å². The molecule has 1 aliphatic rings. The second kappa shape index (κ2) is 5.92. The fourth-order valence-electron chi connectivity index (χ4n) is 1.40. The molecule has 8 heteroatoms. The van der Waals surface area contributed by atoms with Crippen LogP contribution in [0.2, 0.25) is 0 Å². The maximum absolute atomic E-state index is 11.2. The summed E-state index contributed by atoms with van der Waals surface area (Å²) in [5, 5.41) is 27.1. The number of carbonyl (C=O) groups is 2. The lowest BCUT2D eigenvalue weighted by Gasteiger charge is -2.34. The predicted octanol–water partition coefficient (Wildman–Crippen LogP) is -2.05. The minimum atomic E-state index is -1.65. The van der Waals surface area contributed by atoms with Crippen LogP contribution < -0.4 is 0 Å². The molecule has 0 aromatic rings. The molecule has 8 nitrogen and oxygen atoms in total. The van der Waals surface area contributed by atoms with Crippen molar-refractivity contribution in [2.75, 3.05) is 20.3 Å². The molecule has 98 valence electrons. The number of rotatable bonds is 4. The van der Waals surface area contributed by atoms with Crippen molar-refractivity contribution in [3.05, 3.63) is 0 Å². The number of hydrogen-bond donors (Lipinski definition) is 3. The molecule has 0 radical (unpaired) electrons. The highest BCUT2D eigenvalue weighted by atomic mass is 16.7. The molecule has 0 bridgehead atoms. The van der Waals surface area contributed by atoms with Gasteiger partial charge < -0.3 is 29.5 Å². The van der Waals surface area contributed by atoms with E-state index in [1.54, 1.807) is 0 Å². The normalized spacial score (nSPS) is 30.6. The van der Waals surface area contributed by atoms with Gasteiger partial charge in [-0.2, -0.15) is 0 Å². The van der Waals surface area contributed by atoms with Gasteiger partial charge in [-0.15, -0.1) is 0 Å². The lowest BCUT2D eigenvalue weighted by molar-refractivity contribution is -0.274. The second-order valence-corrected chi connectivity index (χ2v) is 3.47. The Morgan fingerprint density at radius 2 is 2.18 bits per heavy atom. The predicted molar refractivity (Wildman–Crippen MR) is 50.8 cm³/mol. The summed E-state index contributed by atoms with van der Waals surface area (Å²) in [6.07, 6.45) is -3.44. The number of esters is 1. The molecular weight excluding hydrogens is 236 g/mol. The minimum absolute atomic E-state index is 0.226. The van der Waals surface area contributed by atoms with E-state index in [1.165, 1.54) is 0 Å². The monoisotopic (exact) mass is 250 g/mol. The summed E-state index contributed by atoms with van der Waals surface area (Å²) in [6, 6.07) is 0. The Morgan fingerprint density at radius 3 is 2.65 bits per heavy atom. The van der Waals surface area contributed by atoms with Gasteiger partial charge in [-0.05, 0) is 0 Å². The van der Waals surface area contributed by atoms with E-state index < -0.39 is 43.0 Å². The van der Waals surface area contributed by atoms with Gasteiger partial charge in [0.2, 0.25) is 5.92 Å². The number of aliphatic carboxylic acids is 1. The summed E-state index contributed by atoms with van der Waals surface area (Å²) < 4.78 is 14.2. The van der Waals surface area contributed by atoms with Gasteiger partial charge in [0.15, 0.2) is 6.29 Å². The zero-order valence-corrected chi connectivity index (χ0v) is 9.11. The van der Waals surface area contributed by atoms with Crippen molar-refractivity contribution in [3.8, 4) is 0 Å². The fourth-order valence-corrected chi connectivity index (χ4v) is 1.40. The molecule has 3 N–H and O–H groups in total. The van der Waals surface area contributed by atoms with Crippen molar-refractivity contribution in [3.63, 3.8) is 0 Å². The lowest BCUT2D eigenvalue weighted by atomic mass is 10.1. The molecule has 17 heavy (non-hydrogen) atoms. The average molecular weight is 250 g/mol. The number of carbonyl (C=O) groups excluding carboxylic acids is 1. The minimum Gasteiger partial charge on any atom is -0.480 e. The summed E-state index contributed by atoms with van der Waals surface area (Å²) in [6.45, 7) is -0.731. The van der Waals surface area contributed by atoms with Crippen molar-refractivity contribution >= 4 is 11.9 Å². The van der Waals surface area contributed by atoms with E-state index in [2.05, 4.69) is 4.74 Å². The van der Waals surface area contributed by atoms with Gasteiger partial charge in [0.25, 0.3) is 0 Å². The van der Waals surface area contributed by atoms with Gasteiger partial charge in [0.1, 0.15) is 12.2 Å². The highest BCUT2D eigenvalue weighted by molar-refractivity contribution is 5.94. The Kier molecular flexibility index (Phi) is 4.82. The van der Waals surface area contributed by atoms with Crippen molar-refractivity contribution in [2.45, 2.75) is 18.5 Å². The van der Waals surface area contributed by atoms with E-state index in [4.69, 9.17) is 19.7 Å². The number of ether oxygens (including phenoxy) is 3. The summed E-state index contributed by atoms with van der Waals surface area (Å²) in [5.74, 6) is -4.13. The second-order valence-electron chi connectivity index (χ2n) is 3.47. The van der Waals surface area contributed by atoms with Crippen LogP contribution in [-0.4, -0.2) is 66.1 Å². The van der Waals surface area contributed by atoms with Crippen LogP contribution in [0.4, 0.5) is 0 Å². The van der Waals surface area contributed by atoms with Crippen molar-refractivity contribution < 1.29 is 39.1 Å². The molecule has 1 aliphatic heterocycles. The first kappa shape index (κ1) is 13.8. The molecule has 0 spiro atoms. The van der Waals surface area contributed by atoms with E-state index in [9.17, 15) is 14.7 Å². The summed E-state index contributed by atoms with van der Waals surface area (Å²) in [4.78, 5) is 22.1. The average Bonchev–Trinajstić information content (AvgIpc) is 2.30. The van der Waals surface area contributed by atoms with Gasteiger partial charge in [-0.25, -0.2) is 0 Å². The van der Waals surface area contributed by atoms with Gasteiger partial charge in [-0.1, -0.05) is 0 Å². The van der Waals surface area contributed by atoms with Crippen molar-refractivity contribution in [2.24, 2.45) is 5.92 Å². The van der Waals surface area contributed by atoms with Crippen LogP contribution in [0.15, 0.2) is 0 Å². The third kappa shape index (κ3) is 3.13. The first-order valence-electron chi connectivity index (χ1n) is 4.87. The Labute approximate surface area is 96.7 Å². The zero-order chi connectivity index (χ0) is 13.0. The van der Waals surface area contributed by atoms with Gasteiger partial charge >= 0.3 is 11.9 Å². The third-order valence-electron chi connectivity index (χ3n) is 2.34. The molecule has 0 aliphatic carbocycles. The first-order chi connectivity index (χ1) is 8.01. The van der Waals surface area contributed by atoms with Crippen molar-refractivity contribution in [1.29, 1.82) is 0 Å². The molecule has 1 saturated heterocycles. The molecule has 2 unspecified atom stereocenters. The summed E-state index contributed by atoms with van der Waals surface area (Å²) in [7, 11) is 1.04. The van der Waals surface area contributed by atoms with E-state index in [0.717, 1.165) is 7.11 Å². The molecule has 0 amide bonds. The number of carboxylic acid groups (broad SMARTS) is 1. The summed E-state index contributed by atoms with van der Waals surface area (Å²) >= 11 is 0. The zero-order valence-electron chi connectivity index (χ0n) is 9.11. The van der Waals surface area contributed by atoms with Gasteiger partial charge in [-0.3, -0.25) is 9.59 Å². The molecule has 0 saturated carbocycles. The number of aliphatic hydroxyl groups excluding tert-OH is 2. The van der Waals surface area contributed by atoms with E-state index >= 15 is 0 Å². The van der Waals surface area contributed by atoms with Crippen LogP contribution in [-0.2, 0) is 23.8 Å². The van der Waals surface area contributed by atoms with Crippen LogP contribution in [0.1, 0.15) is 0 Å². The molecule has 4 atom stereocenters. The third-order valence-corrected chi connectivity index (χ3v) is 2.34. The van der Waals surface area contributed by atoms with Crippen LogP contribution in [0.25, 0.3) is 0 Å². The number of aliphatic hydroxyl groups is 2. The highest BCUT2D eigenvalue weighted by Gasteiger charge is 2.43. The SMILES string of the molecule is COC(=O)C(C(=O)O)C1OC[C@H](O)[C@@H](CO)O1. The standard InChI is InChI=1S/C9H14O8/c1-15-8(14)6(7(12)13)9-16-3-4(11)5(2-10)17-9/h4-6,9-11H,2-3H2,1H3,(H,12,13)/t4-,5+,6?,9?/m0/s1. The largest absolute Gasteiger partial charge is 0.480 e. The topological polar surface area (TPSA) is 123 Å². The van der Waals surface area contributed by atoms with Crippen LogP contribution >= 0.6 is 0 Å². The highest BCUT2D eigenvalue weighted by Crippen LogP contribution is 2.20. The fraction of sp³-hybridized carbons (Fsp3) is 0.778. The van der Waals surface area contributed by atoms with Gasteiger partial charge in [0.05, 0.1) is 20.3 Å². The number of methoxy groups -OCH3 is 1. The van der Waals surface area contributed by atoms with Crippen LogP contribution in [0.3, 0.4) is 0 Å². The lowest BCUT2D eigenvalue weighted by Crippen LogP contribution is -2.51. The Morgan fingerprint density at radius 1 is 1.53 bits per heavy atom. The van der Waals surface area contributed by atoms with E-state index in [-0.39, 0.29) is 6.61 Å². The molecule has 0 aromatic heterocycles.